The van der Waals surface area contributed by atoms with Crippen LogP contribution in [0.4, 0.5) is 24.5 Å². The Bertz CT molecular complexity index is 2690. The molecule has 1 heterocycles. The molecule has 4 aromatic carbocycles. The number of fused-ring (bicyclic) bond motifs is 2. The van der Waals surface area contributed by atoms with Crippen LogP contribution in [-0.4, -0.2) is 13.3 Å². The van der Waals surface area contributed by atoms with E-state index < -0.39 is 11.7 Å². The molecule has 0 aliphatic heterocycles. The molecule has 3 aliphatic carbocycles. The lowest BCUT2D eigenvalue weighted by molar-refractivity contribution is -0.137. The molecular weight excluding hydrogens is 808 g/mol. The van der Waals surface area contributed by atoms with E-state index in [4.69, 9.17) is 4.42 Å². The average Bonchev–Trinajstić information content (AvgIpc) is 3.58. The van der Waals surface area contributed by atoms with Crippen molar-refractivity contribution in [2.24, 2.45) is 11.3 Å². The summed E-state index contributed by atoms with van der Waals surface area (Å²) in [6, 6.07) is 25.3. The van der Waals surface area contributed by atoms with Gasteiger partial charge in [0.2, 0.25) is 7.28 Å². The fourth-order valence-corrected chi connectivity index (χ4v) is 9.84. The standard InChI is InChI=1S/C58H67BF3N2O/c1-36(2)37-18-25-42(26-19-37)59-53-52(47-34-48-49(35-51(47)65-53)57(11,12)31-30-56(48,9)10)64(44-27-22-39(23-28-44)54(3,4)5)45-15-13-14-43(33-45)63-50-29-24-41(55(6,7)8)32-46(50)38-16-20-40(21-17-38)58(60,61)62/h13-14,16-22,24-29,32-36,39,45,63H,15,23,30-31H2,1-12H3. The Hall–Kier alpha value is -5.17. The van der Waals surface area contributed by atoms with Gasteiger partial charge < -0.3 is 14.6 Å². The van der Waals surface area contributed by atoms with Gasteiger partial charge in [-0.25, -0.2) is 0 Å². The first-order valence-corrected chi connectivity index (χ1v) is 23.6. The van der Waals surface area contributed by atoms with Crippen molar-refractivity contribution in [1.29, 1.82) is 0 Å². The number of rotatable bonds is 9. The molecule has 7 heteroatoms. The van der Waals surface area contributed by atoms with Gasteiger partial charge in [-0.3, -0.25) is 0 Å². The zero-order valence-corrected chi connectivity index (χ0v) is 40.6. The smallest absolute Gasteiger partial charge is 0.416 e. The quantitative estimate of drug-likeness (QED) is 0.150. The molecule has 8 rings (SSSR count). The maximum atomic E-state index is 13.7. The lowest BCUT2D eigenvalue weighted by Crippen LogP contribution is -2.40. The van der Waals surface area contributed by atoms with Gasteiger partial charge in [0.1, 0.15) is 5.58 Å². The maximum Gasteiger partial charge on any atom is 0.416 e. The second kappa shape index (κ2) is 16.9. The molecule has 65 heavy (non-hydrogen) atoms. The van der Waals surface area contributed by atoms with E-state index >= 15 is 0 Å². The van der Waals surface area contributed by atoms with E-state index in [-0.39, 0.29) is 27.7 Å². The first kappa shape index (κ1) is 46.4. The SMILES string of the molecule is CC(C)c1ccc([B]c2oc3cc4c(cc3c2N(C2=CCC(C(C)(C)C)C=C2)C2C=C(Nc3ccc(C(C)(C)C)cc3-c3ccc(C(F)(F)F)cc3)C=CC2)C(C)(C)CCC4(C)C)cc1. The lowest BCUT2D eigenvalue weighted by atomic mass is 9.63. The molecule has 3 nitrogen and oxygen atoms in total. The summed E-state index contributed by atoms with van der Waals surface area (Å²) in [5.41, 5.74) is 12.7. The fraction of sp³-hybridized carbons (Fsp3) is 0.414. The highest BCUT2D eigenvalue weighted by atomic mass is 19.4. The zero-order valence-electron chi connectivity index (χ0n) is 40.6. The third-order valence-corrected chi connectivity index (χ3v) is 14.3. The van der Waals surface area contributed by atoms with Gasteiger partial charge in [0.25, 0.3) is 0 Å². The molecule has 2 unspecified atom stereocenters. The summed E-state index contributed by atoms with van der Waals surface area (Å²) >= 11 is 0. The Morgan fingerprint density at radius 3 is 2.00 bits per heavy atom. The van der Waals surface area contributed by atoms with Crippen LogP contribution in [0.3, 0.4) is 0 Å². The summed E-state index contributed by atoms with van der Waals surface area (Å²) < 4.78 is 48.2. The van der Waals surface area contributed by atoms with Crippen molar-refractivity contribution >= 4 is 40.7 Å². The van der Waals surface area contributed by atoms with E-state index in [2.05, 4.69) is 192 Å². The number of furan rings is 1. The Balaban J connectivity index is 1.29. The summed E-state index contributed by atoms with van der Waals surface area (Å²) in [5.74, 6) is 0.825. The van der Waals surface area contributed by atoms with Gasteiger partial charge in [0, 0.05) is 28.0 Å². The van der Waals surface area contributed by atoms with Crippen molar-refractivity contribution in [3.63, 3.8) is 0 Å². The van der Waals surface area contributed by atoms with Gasteiger partial charge in [-0.1, -0.05) is 149 Å². The van der Waals surface area contributed by atoms with Crippen molar-refractivity contribution in [2.75, 3.05) is 10.2 Å². The molecule has 1 aromatic heterocycles. The van der Waals surface area contributed by atoms with Crippen LogP contribution in [0, 0.1) is 11.3 Å². The predicted molar refractivity (Wildman–Crippen MR) is 269 cm³/mol. The van der Waals surface area contributed by atoms with Crippen LogP contribution in [-0.2, 0) is 22.4 Å². The zero-order chi connectivity index (χ0) is 46.9. The Morgan fingerprint density at radius 2 is 1.42 bits per heavy atom. The molecule has 5 aromatic rings. The van der Waals surface area contributed by atoms with Gasteiger partial charge >= 0.3 is 6.18 Å². The molecule has 0 saturated carbocycles. The fourth-order valence-electron chi connectivity index (χ4n) is 9.84. The van der Waals surface area contributed by atoms with Gasteiger partial charge in [0.05, 0.1) is 23.0 Å². The first-order chi connectivity index (χ1) is 30.4. The van der Waals surface area contributed by atoms with Crippen LogP contribution in [0.2, 0.25) is 0 Å². The number of alkyl halides is 3. The molecule has 2 atom stereocenters. The number of hydrogen-bond donors (Lipinski definition) is 1. The molecule has 3 aliphatic rings. The van der Waals surface area contributed by atoms with E-state index in [1.807, 2.05) is 0 Å². The number of benzene rings is 4. The molecule has 0 fully saturated rings. The molecule has 339 valence electrons. The Kier molecular flexibility index (Phi) is 12.1. The summed E-state index contributed by atoms with van der Waals surface area (Å²) in [7, 11) is 2.21. The number of halogens is 3. The van der Waals surface area contributed by atoms with Crippen molar-refractivity contribution in [1.82, 2.24) is 0 Å². The topological polar surface area (TPSA) is 28.4 Å². The molecular formula is C58H67BF3N2O. The average molecular weight is 876 g/mol. The molecule has 1 radical (unpaired) electrons. The Labute approximate surface area is 387 Å². The van der Waals surface area contributed by atoms with Crippen LogP contribution in [0.15, 0.2) is 131 Å². The predicted octanol–water partition coefficient (Wildman–Crippen LogP) is 15.2. The number of anilines is 2. The van der Waals surface area contributed by atoms with Crippen LogP contribution in [0.1, 0.15) is 143 Å². The second-order valence-electron chi connectivity index (χ2n) is 22.5. The first-order valence-electron chi connectivity index (χ1n) is 23.6. The second-order valence-corrected chi connectivity index (χ2v) is 22.5. The molecule has 0 spiro atoms. The van der Waals surface area contributed by atoms with Crippen LogP contribution in [0.25, 0.3) is 22.1 Å². The normalized spacial score (nSPS) is 19.5. The summed E-state index contributed by atoms with van der Waals surface area (Å²) in [4.78, 5) is 2.51. The third-order valence-electron chi connectivity index (χ3n) is 14.3. The van der Waals surface area contributed by atoms with E-state index in [0.29, 0.717) is 11.8 Å². The van der Waals surface area contributed by atoms with E-state index in [9.17, 15) is 13.2 Å². The largest absolute Gasteiger partial charge is 0.469 e. The highest BCUT2D eigenvalue weighted by Crippen LogP contribution is 2.49. The maximum absolute atomic E-state index is 13.7. The van der Waals surface area contributed by atoms with Crippen molar-refractivity contribution in [2.45, 2.75) is 143 Å². The van der Waals surface area contributed by atoms with Crippen LogP contribution < -0.4 is 21.3 Å². The molecule has 0 amide bonds. The Morgan fingerprint density at radius 1 is 0.769 bits per heavy atom. The minimum atomic E-state index is -4.41. The number of nitrogens with one attached hydrogen (secondary N) is 1. The minimum Gasteiger partial charge on any atom is -0.469 e. The molecule has 0 bridgehead atoms. The monoisotopic (exact) mass is 876 g/mol. The van der Waals surface area contributed by atoms with Crippen molar-refractivity contribution < 1.29 is 17.6 Å². The van der Waals surface area contributed by atoms with E-state index in [1.165, 1.54) is 28.8 Å². The van der Waals surface area contributed by atoms with Crippen LogP contribution >= 0.6 is 0 Å². The number of allylic oxidation sites excluding steroid dienone is 4. The number of nitrogens with zero attached hydrogens (tertiary/aromatic N) is 1. The molecule has 1 N–H and O–H groups in total. The third kappa shape index (κ3) is 9.58. The minimum absolute atomic E-state index is 0.00319. The van der Waals surface area contributed by atoms with Gasteiger partial charge in [0.15, 0.2) is 0 Å². The highest BCUT2D eigenvalue weighted by molar-refractivity contribution is 6.68. The van der Waals surface area contributed by atoms with Crippen molar-refractivity contribution in [3.8, 4) is 11.1 Å². The summed E-state index contributed by atoms with van der Waals surface area (Å²) in [5, 5.41) is 4.86. The van der Waals surface area contributed by atoms with E-state index in [1.54, 1.807) is 12.1 Å². The summed E-state index contributed by atoms with van der Waals surface area (Å²) in [6.45, 7) is 27.3. The number of hydrogen-bond acceptors (Lipinski definition) is 3. The van der Waals surface area contributed by atoms with E-state index in [0.717, 1.165) is 87.2 Å². The lowest BCUT2D eigenvalue weighted by Gasteiger charge is -2.42. The molecule has 0 saturated heterocycles. The van der Waals surface area contributed by atoms with Crippen molar-refractivity contribution in [3.05, 3.63) is 155 Å². The highest BCUT2D eigenvalue weighted by Gasteiger charge is 2.39. The van der Waals surface area contributed by atoms with Gasteiger partial charge in [-0.15, -0.1) is 0 Å². The van der Waals surface area contributed by atoms with Gasteiger partial charge in [-0.2, -0.15) is 13.2 Å². The van der Waals surface area contributed by atoms with Gasteiger partial charge in [-0.05, 0) is 142 Å². The summed E-state index contributed by atoms with van der Waals surface area (Å²) in [6.07, 6.45) is 13.3. The van der Waals surface area contributed by atoms with Crippen LogP contribution in [0.5, 0.6) is 0 Å².